The number of hydrogen-bond donors (Lipinski definition) is 3. The van der Waals surface area contributed by atoms with E-state index in [1.165, 1.54) is 135 Å². The van der Waals surface area contributed by atoms with E-state index in [2.05, 4.69) is 69.4 Å². The van der Waals surface area contributed by atoms with Crippen molar-refractivity contribution in [2.75, 3.05) is 13.2 Å². The second-order valence-electron chi connectivity index (χ2n) is 21.0. The maximum absolute atomic E-state index is 13.2. The Hall–Kier alpha value is -3.32. The normalized spacial score (nSPS) is 18.4. The van der Waals surface area contributed by atoms with Crippen molar-refractivity contribution in [1.29, 1.82) is 0 Å². The summed E-state index contributed by atoms with van der Waals surface area (Å²) in [5.41, 5.74) is 0. The predicted octanol–water partition coefficient (Wildman–Crippen LogP) is 15.8. The lowest BCUT2D eigenvalue weighted by Gasteiger charge is -2.40. The van der Waals surface area contributed by atoms with Crippen molar-refractivity contribution in [1.82, 2.24) is 0 Å². The minimum atomic E-state index is -1.91. The van der Waals surface area contributed by atoms with Crippen LogP contribution in [0.25, 0.3) is 0 Å². The molecule has 1 heterocycles. The second kappa shape index (κ2) is 51.4. The molecule has 1 fully saturated rings. The first-order chi connectivity index (χ1) is 36.6. The Labute approximate surface area is 456 Å². The number of hydrogen-bond acceptors (Lipinski definition) is 11. The Bertz CT molecular complexity index is 1490. The molecule has 1 aliphatic rings. The molecular weight excluding hydrogens is 949 g/mol. The van der Waals surface area contributed by atoms with Gasteiger partial charge in [0.25, 0.3) is 0 Å². The van der Waals surface area contributed by atoms with Gasteiger partial charge in [-0.05, 0) is 77.0 Å². The minimum absolute atomic E-state index is 0.0267. The van der Waals surface area contributed by atoms with Crippen LogP contribution in [0.4, 0.5) is 0 Å². The summed E-state index contributed by atoms with van der Waals surface area (Å²) >= 11 is 0. The number of aliphatic hydroxyl groups excluding tert-OH is 2. The van der Waals surface area contributed by atoms with Crippen LogP contribution < -0.4 is 0 Å². The molecule has 0 bridgehead atoms. The standard InChI is InChI=1S/C63H110O12/c1-4-7-10-13-16-19-22-25-27-28-30-32-34-37-40-43-46-49-55(64)71-52-54(73-56(65)50-47-44-41-38-36-33-29-26-23-20-17-14-11-8-5-2)53-72-63-61(59(68)58(67)60(75-63)62(69)70)74-57(66)51-48-45-42-39-35-31-24-21-18-15-12-9-6-3/h9,12,18,21,25,27,31,35,54,58-61,63,67-68H,4-8,10-11,13-17,19-20,22-24,26,28-30,32-34,36-53H2,1-3H3,(H,69,70)/b12-9-,21-18-,27-25-,35-31-. The maximum atomic E-state index is 13.2. The number of allylic oxidation sites excluding steroid dienone is 8. The smallest absolute Gasteiger partial charge is 0.335 e. The molecule has 0 aromatic heterocycles. The van der Waals surface area contributed by atoms with Crippen LogP contribution in [0.15, 0.2) is 48.6 Å². The highest BCUT2D eigenvalue weighted by Crippen LogP contribution is 2.26. The van der Waals surface area contributed by atoms with Crippen molar-refractivity contribution < 1.29 is 58.2 Å². The lowest BCUT2D eigenvalue weighted by Crippen LogP contribution is -2.61. The van der Waals surface area contributed by atoms with Crippen LogP contribution in [-0.2, 0) is 42.9 Å². The first-order valence-corrected chi connectivity index (χ1v) is 30.6. The Morgan fingerprint density at radius 2 is 0.840 bits per heavy atom. The van der Waals surface area contributed by atoms with E-state index in [0.717, 1.165) is 83.5 Å². The topological polar surface area (TPSA) is 175 Å². The zero-order valence-corrected chi connectivity index (χ0v) is 47.8. The van der Waals surface area contributed by atoms with Crippen molar-refractivity contribution in [3.8, 4) is 0 Å². The summed E-state index contributed by atoms with van der Waals surface area (Å²) in [6, 6.07) is 0. The largest absolute Gasteiger partial charge is 0.479 e. The van der Waals surface area contributed by atoms with Crippen molar-refractivity contribution in [2.45, 2.75) is 314 Å². The summed E-state index contributed by atoms with van der Waals surface area (Å²) < 4.78 is 28.4. The van der Waals surface area contributed by atoms with Crippen LogP contribution in [-0.4, -0.2) is 89.2 Å². The molecule has 0 aliphatic carbocycles. The third kappa shape index (κ3) is 41.5. The fourth-order valence-electron chi connectivity index (χ4n) is 9.20. The SMILES string of the molecule is CC/C=C\C/C=C\C/C=C\CCCCCC(=O)OC1C(OCC(COC(=O)CCCCCCCCC/C=C\CCCCCCCC)OC(=O)CCCCCCCCCCCCCCCCC)OC(C(=O)O)C(O)C1O. The van der Waals surface area contributed by atoms with E-state index >= 15 is 0 Å². The number of carbonyl (C=O) groups excluding carboxylic acids is 3. The van der Waals surface area contributed by atoms with Gasteiger partial charge in [-0.15, -0.1) is 0 Å². The molecule has 1 saturated heterocycles. The van der Waals surface area contributed by atoms with Crippen molar-refractivity contribution in [3.05, 3.63) is 48.6 Å². The predicted molar refractivity (Wildman–Crippen MR) is 303 cm³/mol. The lowest BCUT2D eigenvalue weighted by molar-refractivity contribution is -0.301. The highest BCUT2D eigenvalue weighted by molar-refractivity contribution is 5.74. The number of carboxylic acid groups (broad SMARTS) is 1. The molecule has 12 nitrogen and oxygen atoms in total. The van der Waals surface area contributed by atoms with Gasteiger partial charge in [-0.25, -0.2) is 4.79 Å². The second-order valence-corrected chi connectivity index (χ2v) is 21.0. The van der Waals surface area contributed by atoms with E-state index in [0.29, 0.717) is 19.3 Å². The Morgan fingerprint density at radius 1 is 0.453 bits per heavy atom. The summed E-state index contributed by atoms with van der Waals surface area (Å²) in [5.74, 6) is -3.14. The molecule has 6 atom stereocenters. The van der Waals surface area contributed by atoms with Gasteiger partial charge < -0.3 is 39.0 Å². The summed E-state index contributed by atoms with van der Waals surface area (Å²) in [4.78, 5) is 51.1. The van der Waals surface area contributed by atoms with E-state index in [-0.39, 0.29) is 25.9 Å². The van der Waals surface area contributed by atoms with Gasteiger partial charge in [-0.3, -0.25) is 14.4 Å². The summed E-state index contributed by atoms with van der Waals surface area (Å²) in [6.07, 6.45) is 49.4. The van der Waals surface area contributed by atoms with Gasteiger partial charge in [0.15, 0.2) is 24.6 Å². The molecule has 0 amide bonds. The molecule has 6 unspecified atom stereocenters. The van der Waals surface area contributed by atoms with E-state index in [1.807, 2.05) is 0 Å². The minimum Gasteiger partial charge on any atom is -0.479 e. The maximum Gasteiger partial charge on any atom is 0.335 e. The van der Waals surface area contributed by atoms with Crippen LogP contribution >= 0.6 is 0 Å². The highest BCUT2D eigenvalue weighted by atomic mass is 16.7. The molecular formula is C63H110O12. The van der Waals surface area contributed by atoms with Gasteiger partial charge in [-0.2, -0.15) is 0 Å². The van der Waals surface area contributed by atoms with Gasteiger partial charge in [0.2, 0.25) is 0 Å². The fraction of sp³-hybridized carbons (Fsp3) is 0.810. The van der Waals surface area contributed by atoms with E-state index < -0.39 is 67.3 Å². The van der Waals surface area contributed by atoms with Crippen LogP contribution in [0.5, 0.6) is 0 Å². The van der Waals surface area contributed by atoms with Crippen LogP contribution in [0.1, 0.15) is 278 Å². The number of carboxylic acids is 1. The first-order valence-electron chi connectivity index (χ1n) is 30.6. The van der Waals surface area contributed by atoms with Crippen molar-refractivity contribution in [2.24, 2.45) is 0 Å². The molecule has 0 radical (unpaired) electrons. The third-order valence-electron chi connectivity index (χ3n) is 13.9. The molecule has 0 aromatic carbocycles. The number of rotatable bonds is 52. The number of aliphatic carboxylic acids is 1. The van der Waals surface area contributed by atoms with Gasteiger partial charge in [0.1, 0.15) is 18.8 Å². The monoisotopic (exact) mass is 1060 g/mol. The van der Waals surface area contributed by atoms with Gasteiger partial charge >= 0.3 is 23.9 Å². The zero-order valence-electron chi connectivity index (χ0n) is 47.8. The Morgan fingerprint density at radius 3 is 1.31 bits per heavy atom. The molecule has 12 heteroatoms. The molecule has 0 aromatic rings. The third-order valence-corrected chi connectivity index (χ3v) is 13.9. The van der Waals surface area contributed by atoms with E-state index in [9.17, 15) is 34.5 Å². The van der Waals surface area contributed by atoms with E-state index in [4.69, 9.17) is 23.7 Å². The van der Waals surface area contributed by atoms with Crippen LogP contribution in [0.2, 0.25) is 0 Å². The van der Waals surface area contributed by atoms with Gasteiger partial charge in [-0.1, -0.05) is 230 Å². The van der Waals surface area contributed by atoms with Crippen molar-refractivity contribution >= 4 is 23.9 Å². The zero-order chi connectivity index (χ0) is 54.7. The number of ether oxygens (including phenoxy) is 5. The number of carbonyl (C=O) groups is 4. The molecule has 1 rings (SSSR count). The fourth-order valence-corrected chi connectivity index (χ4v) is 9.20. The van der Waals surface area contributed by atoms with Crippen LogP contribution in [0, 0.1) is 0 Å². The number of unbranched alkanes of at least 4 members (excludes halogenated alkanes) is 30. The number of esters is 3. The quantitative estimate of drug-likeness (QED) is 0.0228. The highest BCUT2D eigenvalue weighted by Gasteiger charge is 2.50. The Balaban J connectivity index is 2.68. The number of aliphatic hydroxyl groups is 2. The first kappa shape index (κ1) is 69.7. The van der Waals surface area contributed by atoms with Crippen LogP contribution in [0.3, 0.4) is 0 Å². The average Bonchev–Trinajstić information content (AvgIpc) is 3.39. The van der Waals surface area contributed by atoms with Gasteiger partial charge in [0, 0.05) is 19.3 Å². The lowest BCUT2D eigenvalue weighted by atomic mass is 9.98. The molecule has 0 spiro atoms. The van der Waals surface area contributed by atoms with Crippen molar-refractivity contribution in [3.63, 3.8) is 0 Å². The summed E-state index contributed by atoms with van der Waals surface area (Å²) in [6.45, 7) is 5.88. The molecule has 0 saturated carbocycles. The Kier molecular flexibility index (Phi) is 47.8. The molecule has 75 heavy (non-hydrogen) atoms. The average molecular weight is 1060 g/mol. The summed E-state index contributed by atoms with van der Waals surface area (Å²) in [7, 11) is 0. The van der Waals surface area contributed by atoms with E-state index in [1.54, 1.807) is 0 Å². The summed E-state index contributed by atoms with van der Waals surface area (Å²) in [5, 5.41) is 31.5. The molecule has 434 valence electrons. The van der Waals surface area contributed by atoms with Gasteiger partial charge in [0.05, 0.1) is 6.61 Å². The molecule has 3 N–H and O–H groups in total. The molecule has 1 aliphatic heterocycles.